The van der Waals surface area contributed by atoms with Crippen LogP contribution in [-0.4, -0.2) is 46.3 Å². The monoisotopic (exact) mass is 229 g/mol. The van der Waals surface area contributed by atoms with Crippen molar-refractivity contribution in [3.8, 4) is 0 Å². The molecule has 0 spiro atoms. The number of nitrogens with zero attached hydrogens (tertiary/aromatic N) is 1. The fourth-order valence-electron chi connectivity index (χ4n) is 2.60. The molecule has 3 unspecified atom stereocenters. The topological polar surface area (TPSA) is 60.8 Å². The molecule has 0 aromatic heterocycles. The second kappa shape index (κ2) is 5.15. The van der Waals surface area contributed by atoms with E-state index >= 15 is 0 Å². The molecule has 1 aliphatic heterocycles. The summed E-state index contributed by atoms with van der Waals surface area (Å²) in [5.74, 6) is -1.49. The highest BCUT2D eigenvalue weighted by atomic mass is 16.4. The van der Waals surface area contributed by atoms with Crippen LogP contribution in [0, 0.1) is 5.92 Å². The molecule has 1 fully saturated rings. The van der Waals surface area contributed by atoms with Gasteiger partial charge in [0.1, 0.15) is 0 Å². The maximum Gasteiger partial charge on any atom is 0.309 e. The molecule has 16 heavy (non-hydrogen) atoms. The minimum Gasteiger partial charge on any atom is -0.481 e. The molecule has 0 aromatic carbocycles. The number of β-amino-alcohol motifs (C(OH)–C–C–N with tert-alkyl or cyclic N) is 1. The highest BCUT2D eigenvalue weighted by Crippen LogP contribution is 2.35. The van der Waals surface area contributed by atoms with Crippen molar-refractivity contribution in [1.82, 2.24) is 4.90 Å². The molecular formula is C12H23NO3. The Balaban J connectivity index is 2.74. The summed E-state index contributed by atoms with van der Waals surface area (Å²) in [6, 6.07) is 0.258. The van der Waals surface area contributed by atoms with E-state index < -0.39 is 17.5 Å². The van der Waals surface area contributed by atoms with Crippen molar-refractivity contribution in [1.29, 1.82) is 0 Å². The molecule has 0 bridgehead atoms. The summed E-state index contributed by atoms with van der Waals surface area (Å²) in [6.45, 7) is 4.53. The van der Waals surface area contributed by atoms with Crippen LogP contribution in [0.3, 0.4) is 0 Å². The van der Waals surface area contributed by atoms with Crippen LogP contribution in [-0.2, 0) is 4.79 Å². The molecule has 4 nitrogen and oxygen atoms in total. The lowest BCUT2D eigenvalue weighted by Crippen LogP contribution is -2.44. The number of hydrogen-bond donors (Lipinski definition) is 2. The summed E-state index contributed by atoms with van der Waals surface area (Å²) in [7, 11) is 1.93. The minimum absolute atomic E-state index is 0.258. The van der Waals surface area contributed by atoms with Crippen molar-refractivity contribution in [2.75, 3.05) is 13.6 Å². The average Bonchev–Trinajstić information content (AvgIpc) is 2.41. The van der Waals surface area contributed by atoms with Crippen LogP contribution in [0.15, 0.2) is 0 Å². The lowest BCUT2D eigenvalue weighted by molar-refractivity contribution is -0.151. The molecule has 0 saturated carbocycles. The number of carboxylic acid groups (broad SMARTS) is 1. The van der Waals surface area contributed by atoms with Crippen LogP contribution in [0.25, 0.3) is 0 Å². The zero-order valence-corrected chi connectivity index (χ0v) is 10.4. The SMILES string of the molecule is CCCCC(C(=O)O)C1(O)CC(C)N(C)C1. The van der Waals surface area contributed by atoms with Gasteiger partial charge in [0.2, 0.25) is 0 Å². The standard InChI is InChI=1S/C12H23NO3/c1-4-5-6-10(11(14)15)12(16)7-9(2)13(3)8-12/h9-10,16H,4-8H2,1-3H3,(H,14,15). The Bertz CT molecular complexity index is 245. The Morgan fingerprint density at radius 1 is 1.62 bits per heavy atom. The van der Waals surface area contributed by atoms with E-state index in [0.29, 0.717) is 19.4 Å². The zero-order valence-electron chi connectivity index (χ0n) is 10.4. The van der Waals surface area contributed by atoms with Gasteiger partial charge < -0.3 is 15.1 Å². The summed E-state index contributed by atoms with van der Waals surface area (Å²) in [5, 5.41) is 19.7. The van der Waals surface area contributed by atoms with Gasteiger partial charge in [0.25, 0.3) is 0 Å². The first-order valence-corrected chi connectivity index (χ1v) is 6.06. The van der Waals surface area contributed by atoms with E-state index in [9.17, 15) is 15.0 Å². The maximum absolute atomic E-state index is 11.2. The normalized spacial score (nSPS) is 32.9. The first-order valence-electron chi connectivity index (χ1n) is 6.06. The summed E-state index contributed by atoms with van der Waals surface area (Å²) in [6.07, 6.45) is 2.95. The molecule has 1 heterocycles. The Kier molecular flexibility index (Phi) is 4.33. The summed E-state index contributed by atoms with van der Waals surface area (Å²) >= 11 is 0. The van der Waals surface area contributed by atoms with Crippen LogP contribution in [0.2, 0.25) is 0 Å². The van der Waals surface area contributed by atoms with Crippen molar-refractivity contribution >= 4 is 5.97 Å². The number of carboxylic acids is 1. The number of aliphatic hydroxyl groups is 1. The molecule has 4 heteroatoms. The van der Waals surface area contributed by atoms with E-state index in [1.165, 1.54) is 0 Å². The third kappa shape index (κ3) is 2.74. The highest BCUT2D eigenvalue weighted by molar-refractivity contribution is 5.71. The molecule has 3 atom stereocenters. The number of hydrogen-bond acceptors (Lipinski definition) is 3. The number of unbranched alkanes of at least 4 members (excludes halogenated alkanes) is 1. The van der Waals surface area contributed by atoms with Crippen molar-refractivity contribution < 1.29 is 15.0 Å². The number of likely N-dealkylation sites (N-methyl/N-ethyl adjacent to an activating group) is 1. The molecule has 1 aliphatic rings. The van der Waals surface area contributed by atoms with Crippen molar-refractivity contribution in [2.24, 2.45) is 5.92 Å². The second-order valence-corrected chi connectivity index (χ2v) is 5.10. The predicted molar refractivity (Wildman–Crippen MR) is 62.3 cm³/mol. The van der Waals surface area contributed by atoms with Gasteiger partial charge in [-0.2, -0.15) is 0 Å². The summed E-state index contributed by atoms with van der Waals surface area (Å²) in [5.41, 5.74) is -1.05. The smallest absolute Gasteiger partial charge is 0.309 e. The minimum atomic E-state index is -1.05. The molecule has 1 saturated heterocycles. The zero-order chi connectivity index (χ0) is 12.3. The van der Waals surface area contributed by atoms with Gasteiger partial charge in [-0.25, -0.2) is 0 Å². The molecule has 0 aliphatic carbocycles. The largest absolute Gasteiger partial charge is 0.481 e. The van der Waals surface area contributed by atoms with Crippen molar-refractivity contribution in [3.05, 3.63) is 0 Å². The summed E-state index contributed by atoms with van der Waals surface area (Å²) < 4.78 is 0. The van der Waals surface area contributed by atoms with Gasteiger partial charge in [-0.05, 0) is 26.8 Å². The first-order chi connectivity index (χ1) is 7.40. The molecule has 94 valence electrons. The highest BCUT2D eigenvalue weighted by Gasteiger charge is 2.47. The summed E-state index contributed by atoms with van der Waals surface area (Å²) in [4.78, 5) is 13.3. The number of rotatable bonds is 5. The molecule has 2 N–H and O–H groups in total. The van der Waals surface area contributed by atoms with Crippen LogP contribution < -0.4 is 0 Å². The lowest BCUT2D eigenvalue weighted by Gasteiger charge is -2.29. The Labute approximate surface area is 97.3 Å². The van der Waals surface area contributed by atoms with Gasteiger partial charge in [0.15, 0.2) is 0 Å². The average molecular weight is 229 g/mol. The quantitative estimate of drug-likeness (QED) is 0.746. The van der Waals surface area contributed by atoms with E-state index in [-0.39, 0.29) is 6.04 Å². The van der Waals surface area contributed by atoms with Gasteiger partial charge in [-0.15, -0.1) is 0 Å². The van der Waals surface area contributed by atoms with Gasteiger partial charge in [0.05, 0.1) is 11.5 Å². The molecule has 0 radical (unpaired) electrons. The number of carbonyl (C=O) groups is 1. The third-order valence-electron chi connectivity index (χ3n) is 3.72. The molecule has 0 aromatic rings. The fraction of sp³-hybridized carbons (Fsp3) is 0.917. The van der Waals surface area contributed by atoms with Crippen molar-refractivity contribution in [3.63, 3.8) is 0 Å². The Morgan fingerprint density at radius 3 is 2.62 bits per heavy atom. The Morgan fingerprint density at radius 2 is 2.25 bits per heavy atom. The van der Waals surface area contributed by atoms with Gasteiger partial charge in [-0.1, -0.05) is 19.8 Å². The maximum atomic E-state index is 11.2. The molecular weight excluding hydrogens is 206 g/mol. The van der Waals surface area contributed by atoms with Crippen LogP contribution >= 0.6 is 0 Å². The van der Waals surface area contributed by atoms with E-state index in [2.05, 4.69) is 0 Å². The molecule has 1 rings (SSSR count). The van der Waals surface area contributed by atoms with Crippen LogP contribution in [0.1, 0.15) is 39.5 Å². The van der Waals surface area contributed by atoms with Crippen LogP contribution in [0.5, 0.6) is 0 Å². The Hall–Kier alpha value is -0.610. The van der Waals surface area contributed by atoms with Gasteiger partial charge >= 0.3 is 5.97 Å². The number of aliphatic carboxylic acids is 1. The first kappa shape index (κ1) is 13.5. The van der Waals surface area contributed by atoms with E-state index in [1.807, 2.05) is 25.8 Å². The fourth-order valence-corrected chi connectivity index (χ4v) is 2.60. The van der Waals surface area contributed by atoms with Crippen molar-refractivity contribution in [2.45, 2.75) is 51.2 Å². The molecule has 0 amide bonds. The van der Waals surface area contributed by atoms with Gasteiger partial charge in [-0.3, -0.25) is 4.79 Å². The van der Waals surface area contributed by atoms with Gasteiger partial charge in [0, 0.05) is 12.6 Å². The van der Waals surface area contributed by atoms with E-state index in [4.69, 9.17) is 0 Å². The predicted octanol–water partition coefficient (Wildman–Crippen LogP) is 1.33. The number of likely N-dealkylation sites (tertiary alicyclic amines) is 1. The second-order valence-electron chi connectivity index (χ2n) is 5.10. The van der Waals surface area contributed by atoms with E-state index in [0.717, 1.165) is 12.8 Å². The lowest BCUT2D eigenvalue weighted by atomic mass is 9.82. The van der Waals surface area contributed by atoms with E-state index in [1.54, 1.807) is 0 Å². The van der Waals surface area contributed by atoms with Crippen LogP contribution in [0.4, 0.5) is 0 Å². The third-order valence-corrected chi connectivity index (χ3v) is 3.72.